The quantitative estimate of drug-likeness (QED) is 0.629. The van der Waals surface area contributed by atoms with E-state index in [0.717, 1.165) is 17.7 Å². The van der Waals surface area contributed by atoms with Gasteiger partial charge in [0.1, 0.15) is 6.33 Å². The number of nitrogens with one attached hydrogen (secondary N) is 1. The maximum absolute atomic E-state index is 5.67. The Morgan fingerprint density at radius 3 is 2.84 bits per heavy atom. The van der Waals surface area contributed by atoms with Crippen molar-refractivity contribution in [2.75, 3.05) is 7.11 Å². The van der Waals surface area contributed by atoms with Crippen molar-refractivity contribution in [3.05, 3.63) is 53.5 Å². The summed E-state index contributed by atoms with van der Waals surface area (Å²) in [4.78, 5) is 8.26. The second-order valence-corrected chi connectivity index (χ2v) is 4.18. The topological polar surface area (TPSA) is 73.1 Å². The van der Waals surface area contributed by atoms with Gasteiger partial charge in [0.25, 0.3) is 0 Å². The summed E-state index contributed by atoms with van der Waals surface area (Å²) in [6.07, 6.45) is 2.46. The third kappa shape index (κ3) is 3.07. The Hall–Kier alpha value is -1.98. The molecule has 1 aromatic carbocycles. The minimum atomic E-state index is -0.177. The van der Waals surface area contributed by atoms with E-state index in [2.05, 4.69) is 34.5 Å². The van der Waals surface area contributed by atoms with Gasteiger partial charge in [0.15, 0.2) is 0 Å². The van der Waals surface area contributed by atoms with Crippen molar-refractivity contribution in [3.63, 3.8) is 0 Å². The van der Waals surface area contributed by atoms with Gasteiger partial charge in [-0.1, -0.05) is 31.2 Å². The first kappa shape index (κ1) is 13.5. The van der Waals surface area contributed by atoms with Crippen LogP contribution < -0.4 is 16.0 Å². The smallest absolute Gasteiger partial charge is 0.216 e. The highest BCUT2D eigenvalue weighted by atomic mass is 16.5. The fourth-order valence-corrected chi connectivity index (χ4v) is 1.97. The molecule has 5 heteroatoms. The Balaban J connectivity index is 2.37. The van der Waals surface area contributed by atoms with Gasteiger partial charge < -0.3 is 4.74 Å². The molecular weight excluding hydrogens is 240 g/mol. The number of rotatable bonds is 5. The van der Waals surface area contributed by atoms with E-state index in [1.165, 1.54) is 11.9 Å². The molecule has 0 radical (unpaired) electrons. The van der Waals surface area contributed by atoms with Crippen LogP contribution in [0.15, 0.2) is 36.7 Å². The first-order valence-corrected chi connectivity index (χ1v) is 6.19. The van der Waals surface area contributed by atoms with Gasteiger partial charge in [-0.15, -0.1) is 0 Å². The molecule has 19 heavy (non-hydrogen) atoms. The summed E-state index contributed by atoms with van der Waals surface area (Å²) >= 11 is 0. The Bertz CT molecular complexity index is 497. The Labute approximate surface area is 112 Å². The fourth-order valence-electron chi connectivity index (χ4n) is 1.97. The molecule has 100 valence electrons. The molecule has 0 fully saturated rings. The molecular formula is C14H18N4O. The minimum absolute atomic E-state index is 0.177. The highest BCUT2D eigenvalue weighted by Crippen LogP contribution is 2.22. The van der Waals surface area contributed by atoms with Crippen molar-refractivity contribution in [2.24, 2.45) is 5.84 Å². The Morgan fingerprint density at radius 2 is 2.16 bits per heavy atom. The molecule has 5 nitrogen and oxygen atoms in total. The summed E-state index contributed by atoms with van der Waals surface area (Å²) in [5.74, 6) is 6.19. The summed E-state index contributed by atoms with van der Waals surface area (Å²) in [6.45, 7) is 2.12. The molecule has 0 saturated heterocycles. The standard InChI is InChI=1S/C14H18N4O/c1-3-10-5-4-6-11(7-10)14(18-15)12-8-13(19-2)17-9-16-12/h4-9,14,18H,3,15H2,1-2H3. The number of hydrogen-bond acceptors (Lipinski definition) is 5. The average Bonchev–Trinajstić information content (AvgIpc) is 2.48. The van der Waals surface area contributed by atoms with Crippen LogP contribution in [0.2, 0.25) is 0 Å². The zero-order valence-corrected chi connectivity index (χ0v) is 11.1. The summed E-state index contributed by atoms with van der Waals surface area (Å²) < 4.78 is 5.11. The van der Waals surface area contributed by atoms with Crippen LogP contribution in [0.4, 0.5) is 0 Å². The number of hydrazine groups is 1. The van der Waals surface area contributed by atoms with E-state index in [9.17, 15) is 0 Å². The Morgan fingerprint density at radius 1 is 1.32 bits per heavy atom. The van der Waals surface area contributed by atoms with Gasteiger partial charge in [-0.3, -0.25) is 5.84 Å². The third-order valence-corrected chi connectivity index (χ3v) is 3.03. The lowest BCUT2D eigenvalue weighted by molar-refractivity contribution is 0.395. The number of hydrogen-bond donors (Lipinski definition) is 2. The fraction of sp³-hybridized carbons (Fsp3) is 0.286. The molecule has 1 aromatic heterocycles. The normalized spacial score (nSPS) is 12.2. The molecule has 1 heterocycles. The van der Waals surface area contributed by atoms with Crippen LogP contribution in [-0.2, 0) is 6.42 Å². The largest absolute Gasteiger partial charge is 0.481 e. The predicted molar refractivity (Wildman–Crippen MR) is 73.6 cm³/mol. The third-order valence-electron chi connectivity index (χ3n) is 3.03. The molecule has 2 rings (SSSR count). The molecule has 0 amide bonds. The minimum Gasteiger partial charge on any atom is -0.481 e. The van der Waals surface area contributed by atoms with E-state index in [-0.39, 0.29) is 6.04 Å². The number of aromatic nitrogens is 2. The zero-order valence-electron chi connectivity index (χ0n) is 11.1. The maximum atomic E-state index is 5.67. The highest BCUT2D eigenvalue weighted by Gasteiger charge is 2.15. The molecule has 2 aromatic rings. The molecule has 0 spiro atoms. The molecule has 1 atom stereocenters. The Kier molecular flexibility index (Phi) is 4.43. The molecule has 0 aliphatic heterocycles. The van der Waals surface area contributed by atoms with E-state index in [4.69, 9.17) is 10.6 Å². The van der Waals surface area contributed by atoms with E-state index in [1.54, 1.807) is 13.2 Å². The van der Waals surface area contributed by atoms with Crippen molar-refractivity contribution < 1.29 is 4.74 Å². The van der Waals surface area contributed by atoms with Gasteiger partial charge in [-0.05, 0) is 17.5 Å². The van der Waals surface area contributed by atoms with Crippen molar-refractivity contribution in [3.8, 4) is 5.88 Å². The van der Waals surface area contributed by atoms with Gasteiger partial charge >= 0.3 is 0 Å². The van der Waals surface area contributed by atoms with Crippen LogP contribution in [0.1, 0.15) is 29.8 Å². The van der Waals surface area contributed by atoms with Crippen LogP contribution in [-0.4, -0.2) is 17.1 Å². The van der Waals surface area contributed by atoms with E-state index < -0.39 is 0 Å². The number of methoxy groups -OCH3 is 1. The van der Waals surface area contributed by atoms with Crippen LogP contribution in [0.5, 0.6) is 5.88 Å². The SMILES string of the molecule is CCc1cccc(C(NN)c2cc(OC)ncn2)c1. The lowest BCUT2D eigenvalue weighted by Crippen LogP contribution is -2.29. The van der Waals surface area contributed by atoms with E-state index >= 15 is 0 Å². The molecule has 0 saturated carbocycles. The van der Waals surface area contributed by atoms with Crippen LogP contribution in [0.3, 0.4) is 0 Å². The lowest BCUT2D eigenvalue weighted by Gasteiger charge is -2.16. The molecule has 1 unspecified atom stereocenters. The molecule has 3 N–H and O–H groups in total. The van der Waals surface area contributed by atoms with Crippen LogP contribution >= 0.6 is 0 Å². The van der Waals surface area contributed by atoms with Crippen molar-refractivity contribution in [1.29, 1.82) is 0 Å². The van der Waals surface area contributed by atoms with E-state index in [1.807, 2.05) is 12.1 Å². The first-order chi connectivity index (χ1) is 9.28. The lowest BCUT2D eigenvalue weighted by atomic mass is 10.0. The second-order valence-electron chi connectivity index (χ2n) is 4.18. The van der Waals surface area contributed by atoms with Gasteiger partial charge in [0, 0.05) is 6.07 Å². The van der Waals surface area contributed by atoms with E-state index in [0.29, 0.717) is 5.88 Å². The predicted octanol–water partition coefficient (Wildman–Crippen LogP) is 1.60. The number of aryl methyl sites for hydroxylation is 1. The number of ether oxygens (including phenoxy) is 1. The average molecular weight is 258 g/mol. The van der Waals surface area contributed by atoms with Crippen LogP contribution in [0.25, 0.3) is 0 Å². The highest BCUT2D eigenvalue weighted by molar-refractivity contribution is 5.32. The molecule has 0 bridgehead atoms. The van der Waals surface area contributed by atoms with Crippen molar-refractivity contribution in [1.82, 2.24) is 15.4 Å². The monoisotopic (exact) mass is 258 g/mol. The van der Waals surface area contributed by atoms with Gasteiger partial charge in [0.05, 0.1) is 18.8 Å². The van der Waals surface area contributed by atoms with Gasteiger partial charge in [-0.2, -0.15) is 0 Å². The number of nitrogens with zero attached hydrogens (tertiary/aromatic N) is 2. The second kappa shape index (κ2) is 6.26. The van der Waals surface area contributed by atoms with Crippen molar-refractivity contribution in [2.45, 2.75) is 19.4 Å². The number of nitrogens with two attached hydrogens (primary N) is 1. The molecule has 0 aliphatic rings. The summed E-state index contributed by atoms with van der Waals surface area (Å²) in [5.41, 5.74) is 5.91. The zero-order chi connectivity index (χ0) is 13.7. The van der Waals surface area contributed by atoms with Crippen molar-refractivity contribution >= 4 is 0 Å². The first-order valence-electron chi connectivity index (χ1n) is 6.19. The molecule has 0 aliphatic carbocycles. The van der Waals surface area contributed by atoms with Crippen LogP contribution in [0, 0.1) is 0 Å². The summed E-state index contributed by atoms with van der Waals surface area (Å²) in [5, 5.41) is 0. The van der Waals surface area contributed by atoms with Gasteiger partial charge in [0.2, 0.25) is 5.88 Å². The maximum Gasteiger partial charge on any atom is 0.216 e. The summed E-state index contributed by atoms with van der Waals surface area (Å²) in [7, 11) is 1.58. The number of benzene rings is 1. The summed E-state index contributed by atoms with van der Waals surface area (Å²) in [6, 6.07) is 9.87. The van der Waals surface area contributed by atoms with Gasteiger partial charge in [-0.25, -0.2) is 15.4 Å².